The van der Waals surface area contributed by atoms with Crippen molar-refractivity contribution >= 4 is 12.1 Å². The van der Waals surface area contributed by atoms with Gasteiger partial charge in [-0.05, 0) is 76.1 Å². The predicted molar refractivity (Wildman–Crippen MR) is 138 cm³/mol. The Morgan fingerprint density at radius 1 is 0.943 bits per heavy atom. The van der Waals surface area contributed by atoms with Crippen LogP contribution in [0.25, 0.3) is 0 Å². The molecule has 6 nitrogen and oxygen atoms in total. The molecule has 4 rings (SSSR count). The van der Waals surface area contributed by atoms with Gasteiger partial charge < -0.3 is 10.1 Å². The third kappa shape index (κ3) is 6.63. The fourth-order valence-corrected chi connectivity index (χ4v) is 5.65. The standard InChI is InChI=1S/C29H39N3O3/c1-2-32(28(34)35-23-25-14-8-4-9-15-25)27(33)30-26-16-18-29(19-17-26,31-20-10-5-11-21-31)22-24-12-6-3-7-13-24/h3-4,6-9,12-15,26H,2,5,10-11,16-23H2,1H3,(H,30,33). The van der Waals surface area contributed by atoms with Crippen molar-refractivity contribution in [2.75, 3.05) is 19.6 Å². The Labute approximate surface area is 209 Å². The molecule has 3 amide bonds. The van der Waals surface area contributed by atoms with E-state index in [1.54, 1.807) is 6.92 Å². The molecule has 2 aromatic carbocycles. The first-order valence-electron chi connectivity index (χ1n) is 13.2. The zero-order valence-corrected chi connectivity index (χ0v) is 21.0. The summed E-state index contributed by atoms with van der Waals surface area (Å²) in [6.45, 7) is 4.57. The molecule has 0 aromatic heterocycles. The number of likely N-dealkylation sites (tertiary alicyclic amines) is 1. The van der Waals surface area contributed by atoms with Gasteiger partial charge in [0.1, 0.15) is 6.61 Å². The van der Waals surface area contributed by atoms with Gasteiger partial charge in [-0.15, -0.1) is 0 Å². The van der Waals surface area contributed by atoms with E-state index in [1.165, 1.54) is 42.8 Å². The molecule has 0 bridgehead atoms. The maximum atomic E-state index is 13.0. The zero-order valence-electron chi connectivity index (χ0n) is 21.0. The number of amides is 3. The van der Waals surface area contributed by atoms with Crippen molar-refractivity contribution in [1.82, 2.24) is 15.1 Å². The Bertz CT molecular complexity index is 936. The van der Waals surface area contributed by atoms with Crippen LogP contribution in [0.2, 0.25) is 0 Å². The molecule has 2 fully saturated rings. The SMILES string of the molecule is CCN(C(=O)NC1CCC(Cc2ccccc2)(N2CCCCC2)CC1)C(=O)OCc1ccccc1. The van der Waals surface area contributed by atoms with Crippen molar-refractivity contribution in [2.24, 2.45) is 0 Å². The second-order valence-electron chi connectivity index (χ2n) is 9.94. The van der Waals surface area contributed by atoms with Crippen LogP contribution in [0.15, 0.2) is 60.7 Å². The van der Waals surface area contributed by atoms with E-state index in [1.807, 2.05) is 30.3 Å². The Morgan fingerprint density at radius 3 is 2.14 bits per heavy atom. The van der Waals surface area contributed by atoms with Crippen molar-refractivity contribution in [3.05, 3.63) is 71.8 Å². The molecule has 6 heteroatoms. The fraction of sp³-hybridized carbons (Fsp3) is 0.517. The number of hydrogen-bond donors (Lipinski definition) is 1. The molecular weight excluding hydrogens is 438 g/mol. The van der Waals surface area contributed by atoms with E-state index >= 15 is 0 Å². The lowest BCUT2D eigenvalue weighted by Crippen LogP contribution is -2.57. The summed E-state index contributed by atoms with van der Waals surface area (Å²) in [5.74, 6) is 0. The molecule has 1 aliphatic heterocycles. The number of nitrogens with zero attached hydrogens (tertiary/aromatic N) is 2. The number of rotatable bonds is 7. The molecule has 0 unspecified atom stereocenters. The molecule has 1 saturated carbocycles. The normalized spacial score (nSPS) is 22.8. The van der Waals surface area contributed by atoms with Crippen molar-refractivity contribution in [2.45, 2.75) is 76.5 Å². The van der Waals surface area contributed by atoms with Crippen LogP contribution in [-0.4, -0.2) is 53.1 Å². The minimum Gasteiger partial charge on any atom is -0.444 e. The molecular formula is C29H39N3O3. The Morgan fingerprint density at radius 2 is 1.54 bits per heavy atom. The van der Waals surface area contributed by atoms with Gasteiger partial charge in [0, 0.05) is 18.1 Å². The van der Waals surface area contributed by atoms with Gasteiger partial charge in [-0.25, -0.2) is 14.5 Å². The lowest BCUT2D eigenvalue weighted by atomic mass is 9.73. The first-order chi connectivity index (χ1) is 17.1. The van der Waals surface area contributed by atoms with Gasteiger partial charge in [0.2, 0.25) is 0 Å². The minimum atomic E-state index is -0.601. The van der Waals surface area contributed by atoms with Crippen molar-refractivity contribution < 1.29 is 14.3 Å². The summed E-state index contributed by atoms with van der Waals surface area (Å²) in [6, 6.07) is 20.0. The summed E-state index contributed by atoms with van der Waals surface area (Å²) < 4.78 is 5.39. The van der Waals surface area contributed by atoms with Gasteiger partial charge in [0.15, 0.2) is 0 Å². The molecule has 35 heavy (non-hydrogen) atoms. The van der Waals surface area contributed by atoms with Crippen LogP contribution in [0.1, 0.15) is 63.0 Å². The number of carbonyl (C=O) groups excluding carboxylic acids is 2. The summed E-state index contributed by atoms with van der Waals surface area (Å²) in [5.41, 5.74) is 2.44. The molecule has 1 heterocycles. The number of piperidine rings is 1. The highest BCUT2D eigenvalue weighted by molar-refractivity contribution is 5.91. The molecule has 2 aromatic rings. The summed E-state index contributed by atoms with van der Waals surface area (Å²) in [4.78, 5) is 29.4. The number of ether oxygens (including phenoxy) is 1. The lowest BCUT2D eigenvalue weighted by Gasteiger charge is -2.50. The van der Waals surface area contributed by atoms with E-state index in [9.17, 15) is 9.59 Å². The van der Waals surface area contributed by atoms with Gasteiger partial charge in [0.05, 0.1) is 0 Å². The smallest absolute Gasteiger partial charge is 0.418 e. The average molecular weight is 478 g/mol. The minimum absolute atomic E-state index is 0.0761. The number of imide groups is 1. The van der Waals surface area contributed by atoms with E-state index in [0.29, 0.717) is 0 Å². The van der Waals surface area contributed by atoms with E-state index < -0.39 is 6.09 Å². The van der Waals surface area contributed by atoms with Crippen LogP contribution < -0.4 is 5.32 Å². The maximum Gasteiger partial charge on any atom is 0.418 e. The number of carbonyl (C=O) groups is 2. The van der Waals surface area contributed by atoms with Gasteiger partial charge in [-0.2, -0.15) is 0 Å². The molecule has 2 aliphatic rings. The van der Waals surface area contributed by atoms with Gasteiger partial charge in [-0.3, -0.25) is 4.90 Å². The summed E-state index contributed by atoms with van der Waals surface area (Å²) in [6.07, 6.45) is 8.27. The van der Waals surface area contributed by atoms with Crippen LogP contribution in [0.3, 0.4) is 0 Å². The van der Waals surface area contributed by atoms with Crippen molar-refractivity contribution in [3.63, 3.8) is 0 Å². The van der Waals surface area contributed by atoms with Crippen LogP contribution in [-0.2, 0) is 17.8 Å². The largest absolute Gasteiger partial charge is 0.444 e. The van der Waals surface area contributed by atoms with Crippen LogP contribution >= 0.6 is 0 Å². The van der Waals surface area contributed by atoms with E-state index in [-0.39, 0.29) is 30.8 Å². The highest BCUT2D eigenvalue weighted by Crippen LogP contribution is 2.38. The third-order valence-electron chi connectivity index (χ3n) is 7.63. The molecule has 1 aliphatic carbocycles. The third-order valence-corrected chi connectivity index (χ3v) is 7.63. The molecule has 1 saturated heterocycles. The Kier molecular flexibility index (Phi) is 8.80. The second kappa shape index (κ2) is 12.2. The highest BCUT2D eigenvalue weighted by atomic mass is 16.6. The number of hydrogen-bond acceptors (Lipinski definition) is 4. The first-order valence-corrected chi connectivity index (χ1v) is 13.2. The maximum absolute atomic E-state index is 13.0. The predicted octanol–water partition coefficient (Wildman–Crippen LogP) is 5.76. The molecule has 1 N–H and O–H groups in total. The molecule has 0 spiro atoms. The first kappa shape index (κ1) is 25.2. The Balaban J connectivity index is 1.34. The summed E-state index contributed by atoms with van der Waals surface area (Å²) >= 11 is 0. The van der Waals surface area contributed by atoms with E-state index in [2.05, 4.69) is 40.5 Å². The van der Waals surface area contributed by atoms with Gasteiger partial charge in [0.25, 0.3) is 0 Å². The zero-order chi connectivity index (χ0) is 24.5. The lowest BCUT2D eigenvalue weighted by molar-refractivity contribution is 0.0266. The quantitative estimate of drug-likeness (QED) is 0.550. The Hall–Kier alpha value is -2.86. The average Bonchev–Trinajstić information content (AvgIpc) is 2.91. The molecule has 0 radical (unpaired) electrons. The topological polar surface area (TPSA) is 61.9 Å². The number of benzene rings is 2. The van der Waals surface area contributed by atoms with Crippen LogP contribution in [0.4, 0.5) is 9.59 Å². The number of urea groups is 1. The van der Waals surface area contributed by atoms with Crippen LogP contribution in [0, 0.1) is 0 Å². The van der Waals surface area contributed by atoms with E-state index in [0.717, 1.165) is 37.7 Å². The number of nitrogens with one attached hydrogen (secondary N) is 1. The van der Waals surface area contributed by atoms with Crippen molar-refractivity contribution in [3.8, 4) is 0 Å². The highest BCUT2D eigenvalue weighted by Gasteiger charge is 2.41. The summed E-state index contributed by atoms with van der Waals surface area (Å²) in [5, 5.41) is 3.12. The van der Waals surface area contributed by atoms with E-state index in [4.69, 9.17) is 4.74 Å². The molecule has 188 valence electrons. The fourth-order valence-electron chi connectivity index (χ4n) is 5.65. The van der Waals surface area contributed by atoms with Crippen molar-refractivity contribution in [1.29, 1.82) is 0 Å². The molecule has 0 atom stereocenters. The monoisotopic (exact) mass is 477 g/mol. The van der Waals surface area contributed by atoms with Gasteiger partial charge in [-0.1, -0.05) is 67.1 Å². The van der Waals surface area contributed by atoms with Gasteiger partial charge >= 0.3 is 12.1 Å². The van der Waals surface area contributed by atoms with Crippen LogP contribution in [0.5, 0.6) is 0 Å². The summed E-state index contributed by atoms with van der Waals surface area (Å²) in [7, 11) is 0. The second-order valence-corrected chi connectivity index (χ2v) is 9.94.